The van der Waals surface area contributed by atoms with Crippen LogP contribution in [0.5, 0.6) is 0 Å². The van der Waals surface area contributed by atoms with Gasteiger partial charge >= 0.3 is 0 Å². The van der Waals surface area contributed by atoms with E-state index in [1.54, 1.807) is 6.92 Å². The summed E-state index contributed by atoms with van der Waals surface area (Å²) in [5.41, 5.74) is 2.93. The Labute approximate surface area is 123 Å². The molecule has 1 aromatic carbocycles. The summed E-state index contributed by atoms with van der Waals surface area (Å²) in [7, 11) is 0. The minimum absolute atomic E-state index is 0.125. The molecule has 2 rings (SSSR count). The van der Waals surface area contributed by atoms with Crippen LogP contribution >= 0.6 is 15.9 Å². The molecule has 0 aromatic heterocycles. The number of carbonyl (C=O) groups is 1. The smallest absolute Gasteiger partial charge is 0.160 e. The van der Waals surface area contributed by atoms with E-state index in [-0.39, 0.29) is 5.78 Å². The first-order chi connectivity index (χ1) is 9.11. The zero-order chi connectivity index (χ0) is 13.8. The number of benzene rings is 1. The lowest BCUT2D eigenvalue weighted by Gasteiger charge is -2.15. The van der Waals surface area contributed by atoms with Gasteiger partial charge < -0.3 is 10.6 Å². The van der Waals surface area contributed by atoms with Gasteiger partial charge in [0.05, 0.1) is 0 Å². The van der Waals surface area contributed by atoms with E-state index in [9.17, 15) is 4.79 Å². The predicted octanol–water partition coefficient (Wildman–Crippen LogP) is 3.38. The van der Waals surface area contributed by atoms with Crippen LogP contribution in [0.2, 0.25) is 0 Å². The van der Waals surface area contributed by atoms with Crippen LogP contribution in [0.3, 0.4) is 0 Å². The van der Waals surface area contributed by atoms with Gasteiger partial charge in [-0.15, -0.1) is 0 Å². The Hall–Kier alpha value is -0.870. The van der Waals surface area contributed by atoms with Gasteiger partial charge in [-0.2, -0.15) is 0 Å². The largest absolute Gasteiger partial charge is 0.383 e. The van der Waals surface area contributed by atoms with Crippen molar-refractivity contribution in [2.24, 2.45) is 0 Å². The Morgan fingerprint density at radius 3 is 2.89 bits per heavy atom. The summed E-state index contributed by atoms with van der Waals surface area (Å²) in [4.78, 5) is 11.7. The highest BCUT2D eigenvalue weighted by atomic mass is 79.9. The second-order valence-corrected chi connectivity index (χ2v) is 5.92. The third-order valence-electron chi connectivity index (χ3n) is 3.64. The first-order valence-electron chi connectivity index (χ1n) is 6.92. The first-order valence-corrected chi connectivity index (χ1v) is 7.71. The number of carbonyl (C=O) groups excluding carboxylic acids is 1. The summed E-state index contributed by atoms with van der Waals surface area (Å²) in [5.74, 6) is 0.125. The molecule has 104 valence electrons. The van der Waals surface area contributed by atoms with Crippen molar-refractivity contribution < 1.29 is 4.79 Å². The second kappa shape index (κ2) is 6.53. The number of Topliss-reactive ketones (excluding diaryl/α,β-unsaturated/α-hetero) is 1. The maximum Gasteiger partial charge on any atom is 0.160 e. The molecule has 0 aliphatic carbocycles. The molecular formula is C15H21BrN2O. The average molecular weight is 325 g/mol. The summed E-state index contributed by atoms with van der Waals surface area (Å²) in [6.07, 6.45) is 3.34. The first kappa shape index (κ1) is 14.5. The van der Waals surface area contributed by atoms with E-state index in [1.165, 1.54) is 12.8 Å². The van der Waals surface area contributed by atoms with Gasteiger partial charge in [0.15, 0.2) is 5.78 Å². The fourth-order valence-corrected chi connectivity index (χ4v) is 3.32. The van der Waals surface area contributed by atoms with Crippen molar-refractivity contribution in [2.45, 2.75) is 39.2 Å². The van der Waals surface area contributed by atoms with Crippen LogP contribution in [0.4, 0.5) is 5.69 Å². The van der Waals surface area contributed by atoms with E-state index in [0.717, 1.165) is 40.8 Å². The van der Waals surface area contributed by atoms with Gasteiger partial charge in [0.1, 0.15) is 0 Å². The second-order valence-electron chi connectivity index (χ2n) is 5.07. The van der Waals surface area contributed by atoms with Gasteiger partial charge in [-0.3, -0.25) is 4.79 Å². The minimum atomic E-state index is 0.125. The number of hydrogen-bond acceptors (Lipinski definition) is 3. The van der Waals surface area contributed by atoms with Crippen LogP contribution in [0, 0.1) is 0 Å². The Bertz CT molecular complexity index is 467. The third kappa shape index (κ3) is 3.57. The molecule has 0 amide bonds. The molecular weight excluding hydrogens is 304 g/mol. The highest BCUT2D eigenvalue weighted by Crippen LogP contribution is 2.27. The van der Waals surface area contributed by atoms with Crippen molar-refractivity contribution in [1.29, 1.82) is 0 Å². The van der Waals surface area contributed by atoms with Gasteiger partial charge in [0.25, 0.3) is 0 Å². The monoisotopic (exact) mass is 324 g/mol. The molecule has 1 atom stereocenters. The van der Waals surface area contributed by atoms with Crippen molar-refractivity contribution >= 4 is 27.4 Å². The molecule has 3 nitrogen and oxygen atoms in total. The van der Waals surface area contributed by atoms with Gasteiger partial charge in [-0.05, 0) is 50.4 Å². The SMILES string of the molecule is CCc1c(Br)cc(NCC2CCCN2)cc1C(C)=O. The van der Waals surface area contributed by atoms with E-state index in [0.29, 0.717) is 6.04 Å². The number of ketones is 1. The lowest BCUT2D eigenvalue weighted by Crippen LogP contribution is -2.29. The van der Waals surface area contributed by atoms with Crippen LogP contribution in [0.25, 0.3) is 0 Å². The maximum absolute atomic E-state index is 11.7. The fraction of sp³-hybridized carbons (Fsp3) is 0.533. The van der Waals surface area contributed by atoms with Crippen molar-refractivity contribution in [3.05, 3.63) is 27.7 Å². The number of rotatable bonds is 5. The molecule has 1 aliphatic rings. The van der Waals surface area contributed by atoms with E-state index in [2.05, 4.69) is 39.6 Å². The number of nitrogens with one attached hydrogen (secondary N) is 2. The lowest BCUT2D eigenvalue weighted by molar-refractivity contribution is 0.101. The van der Waals surface area contributed by atoms with E-state index < -0.39 is 0 Å². The molecule has 1 saturated heterocycles. The zero-order valence-electron chi connectivity index (χ0n) is 11.6. The normalized spacial score (nSPS) is 18.6. The average Bonchev–Trinajstić information content (AvgIpc) is 2.88. The standard InChI is InChI=1S/C15H21BrN2O/c1-3-13-14(10(2)19)7-12(8-15(13)16)18-9-11-5-4-6-17-11/h7-8,11,17-18H,3-6,9H2,1-2H3. The van der Waals surface area contributed by atoms with Crippen LogP contribution in [-0.2, 0) is 6.42 Å². The third-order valence-corrected chi connectivity index (χ3v) is 4.35. The Morgan fingerprint density at radius 2 is 2.32 bits per heavy atom. The molecule has 1 aromatic rings. The molecule has 1 heterocycles. The summed E-state index contributed by atoms with van der Waals surface area (Å²) in [5, 5.41) is 6.89. The number of hydrogen-bond donors (Lipinski definition) is 2. The zero-order valence-corrected chi connectivity index (χ0v) is 13.1. The van der Waals surface area contributed by atoms with E-state index in [4.69, 9.17) is 0 Å². The molecule has 1 aliphatic heterocycles. The van der Waals surface area contributed by atoms with Crippen LogP contribution in [-0.4, -0.2) is 24.9 Å². The lowest BCUT2D eigenvalue weighted by atomic mass is 10.0. The molecule has 1 fully saturated rings. The van der Waals surface area contributed by atoms with Crippen molar-refractivity contribution in [3.63, 3.8) is 0 Å². The van der Waals surface area contributed by atoms with Crippen LogP contribution in [0.1, 0.15) is 42.6 Å². The maximum atomic E-state index is 11.7. The quantitative estimate of drug-likeness (QED) is 0.816. The summed E-state index contributed by atoms with van der Waals surface area (Å²) in [6.45, 7) is 5.73. The van der Waals surface area contributed by atoms with E-state index >= 15 is 0 Å². The molecule has 19 heavy (non-hydrogen) atoms. The predicted molar refractivity (Wildman–Crippen MR) is 83.0 cm³/mol. The summed E-state index contributed by atoms with van der Waals surface area (Å²) < 4.78 is 1.02. The van der Waals surface area contributed by atoms with Crippen molar-refractivity contribution in [3.8, 4) is 0 Å². The Balaban J connectivity index is 2.14. The minimum Gasteiger partial charge on any atom is -0.383 e. The number of halogens is 1. The highest BCUT2D eigenvalue weighted by Gasteiger charge is 2.15. The van der Waals surface area contributed by atoms with Crippen LogP contribution in [0.15, 0.2) is 16.6 Å². The van der Waals surface area contributed by atoms with Crippen LogP contribution < -0.4 is 10.6 Å². The topological polar surface area (TPSA) is 41.1 Å². The molecule has 0 saturated carbocycles. The van der Waals surface area contributed by atoms with Gasteiger partial charge in [0, 0.05) is 28.3 Å². The summed E-state index contributed by atoms with van der Waals surface area (Å²) in [6, 6.07) is 4.59. The molecule has 0 bridgehead atoms. The van der Waals surface area contributed by atoms with Crippen molar-refractivity contribution in [1.82, 2.24) is 5.32 Å². The van der Waals surface area contributed by atoms with Gasteiger partial charge in [-0.25, -0.2) is 0 Å². The number of anilines is 1. The molecule has 2 N–H and O–H groups in total. The van der Waals surface area contributed by atoms with E-state index in [1.807, 2.05) is 6.07 Å². The summed E-state index contributed by atoms with van der Waals surface area (Å²) >= 11 is 3.57. The Morgan fingerprint density at radius 1 is 1.53 bits per heavy atom. The highest BCUT2D eigenvalue weighted by molar-refractivity contribution is 9.10. The van der Waals surface area contributed by atoms with Gasteiger partial charge in [-0.1, -0.05) is 22.9 Å². The fourth-order valence-electron chi connectivity index (χ4n) is 2.58. The Kier molecular flexibility index (Phi) is 4.99. The molecule has 0 spiro atoms. The molecule has 4 heteroatoms. The molecule has 0 radical (unpaired) electrons. The van der Waals surface area contributed by atoms with Crippen molar-refractivity contribution in [2.75, 3.05) is 18.4 Å². The molecule has 1 unspecified atom stereocenters. The van der Waals surface area contributed by atoms with Gasteiger partial charge in [0.2, 0.25) is 0 Å².